The third-order valence-corrected chi connectivity index (χ3v) is 2.83. The largest absolute Gasteiger partial charge is 0.466 e. The molecule has 0 fully saturated rings. The molecule has 1 atom stereocenters. The van der Waals surface area contributed by atoms with Crippen molar-refractivity contribution in [2.75, 3.05) is 7.11 Å². The van der Waals surface area contributed by atoms with Crippen molar-refractivity contribution in [3.8, 4) is 0 Å². The Morgan fingerprint density at radius 2 is 2.11 bits per heavy atom. The first-order chi connectivity index (χ1) is 8.37. The van der Waals surface area contributed by atoms with Gasteiger partial charge in [-0.2, -0.15) is 0 Å². The number of fused-ring (bicyclic) bond motifs is 1. The molecule has 1 unspecified atom stereocenters. The van der Waals surface area contributed by atoms with Crippen LogP contribution < -0.4 is 0 Å². The van der Waals surface area contributed by atoms with Gasteiger partial charge in [-0.3, -0.25) is 0 Å². The van der Waals surface area contributed by atoms with Crippen LogP contribution in [0.3, 0.4) is 0 Å². The minimum Gasteiger partial charge on any atom is -0.466 e. The molecule has 1 aromatic carbocycles. The molecule has 96 valence electrons. The van der Waals surface area contributed by atoms with Crippen LogP contribution in [-0.4, -0.2) is 24.6 Å². The maximum absolute atomic E-state index is 13.6. The van der Waals surface area contributed by atoms with Crippen LogP contribution in [0, 0.1) is 11.6 Å². The second kappa shape index (κ2) is 4.04. The number of cyclic esters (lactones) is 1. The number of carbonyl (C=O) groups excluding carboxylic acids is 2. The minimum absolute atomic E-state index is 0.0412. The van der Waals surface area contributed by atoms with Gasteiger partial charge in [0, 0.05) is 18.1 Å². The highest BCUT2D eigenvalue weighted by Crippen LogP contribution is 2.31. The number of halogens is 2. The highest BCUT2D eigenvalue weighted by molar-refractivity contribution is 5.96. The van der Waals surface area contributed by atoms with E-state index >= 15 is 0 Å². The van der Waals surface area contributed by atoms with Crippen molar-refractivity contribution in [1.82, 2.24) is 0 Å². The van der Waals surface area contributed by atoms with Crippen molar-refractivity contribution in [3.63, 3.8) is 0 Å². The van der Waals surface area contributed by atoms with Crippen molar-refractivity contribution in [1.29, 1.82) is 0 Å². The van der Waals surface area contributed by atoms with Gasteiger partial charge in [-0.15, -0.1) is 0 Å². The summed E-state index contributed by atoms with van der Waals surface area (Å²) < 4.78 is 36.0. The zero-order valence-electron chi connectivity index (χ0n) is 9.75. The zero-order chi connectivity index (χ0) is 13.5. The van der Waals surface area contributed by atoms with Crippen molar-refractivity contribution in [3.05, 3.63) is 34.9 Å². The van der Waals surface area contributed by atoms with Gasteiger partial charge in [0.05, 0.1) is 12.7 Å². The van der Waals surface area contributed by atoms with Crippen molar-refractivity contribution in [2.24, 2.45) is 0 Å². The first-order valence-electron chi connectivity index (χ1n) is 5.17. The maximum atomic E-state index is 13.6. The van der Waals surface area contributed by atoms with Gasteiger partial charge in [0.25, 0.3) is 0 Å². The molecule has 0 radical (unpaired) electrons. The molecule has 0 aromatic heterocycles. The van der Waals surface area contributed by atoms with E-state index in [1.54, 1.807) is 0 Å². The summed E-state index contributed by atoms with van der Waals surface area (Å²) in [5.41, 5.74) is -1.83. The van der Waals surface area contributed by atoms with Crippen LogP contribution in [-0.2, 0) is 20.7 Å². The maximum Gasteiger partial charge on any atom is 0.350 e. The summed E-state index contributed by atoms with van der Waals surface area (Å²) in [4.78, 5) is 23.2. The number of rotatable bonds is 1. The van der Waals surface area contributed by atoms with Gasteiger partial charge in [0.1, 0.15) is 11.6 Å². The summed E-state index contributed by atoms with van der Waals surface area (Å²) in [5, 5.41) is 0. The fourth-order valence-electron chi connectivity index (χ4n) is 1.93. The average Bonchev–Trinajstić information content (AvgIpc) is 2.30. The minimum atomic E-state index is -1.59. The van der Waals surface area contributed by atoms with Gasteiger partial charge in [-0.05, 0) is 13.0 Å². The normalized spacial score (nSPS) is 22.1. The van der Waals surface area contributed by atoms with E-state index in [1.165, 1.54) is 6.92 Å². The number of benzene rings is 1. The molecule has 0 N–H and O–H groups in total. The molecule has 1 aromatic rings. The molecule has 0 spiro atoms. The highest BCUT2D eigenvalue weighted by atomic mass is 19.1. The summed E-state index contributed by atoms with van der Waals surface area (Å²) >= 11 is 0. The van der Waals surface area contributed by atoms with E-state index in [0.717, 1.165) is 13.2 Å². The van der Waals surface area contributed by atoms with Gasteiger partial charge in [-0.25, -0.2) is 18.4 Å². The lowest BCUT2D eigenvalue weighted by Gasteiger charge is -2.31. The van der Waals surface area contributed by atoms with E-state index < -0.39 is 29.2 Å². The quantitative estimate of drug-likeness (QED) is 0.716. The second-order valence-electron chi connectivity index (χ2n) is 4.20. The molecule has 4 nitrogen and oxygen atoms in total. The lowest BCUT2D eigenvalue weighted by atomic mass is 9.89. The molecule has 1 aliphatic rings. The van der Waals surface area contributed by atoms with Crippen LogP contribution in [0.25, 0.3) is 0 Å². The first kappa shape index (κ1) is 12.5. The number of ether oxygens (including phenoxy) is 2. The second-order valence-corrected chi connectivity index (χ2v) is 4.20. The third-order valence-electron chi connectivity index (χ3n) is 2.83. The molecular formula is C12H10F2O4. The summed E-state index contributed by atoms with van der Waals surface area (Å²) in [7, 11) is 1.14. The Morgan fingerprint density at radius 1 is 1.44 bits per heavy atom. The highest BCUT2D eigenvalue weighted by Gasteiger charge is 2.45. The van der Waals surface area contributed by atoms with E-state index in [2.05, 4.69) is 4.74 Å². The molecule has 1 heterocycles. The Kier molecular flexibility index (Phi) is 2.80. The SMILES string of the molecule is COC(=O)C1(C)Cc2c(F)cc(F)cc2C(=O)O1. The molecule has 0 aliphatic carbocycles. The van der Waals surface area contributed by atoms with Crippen LogP contribution in [0.4, 0.5) is 8.78 Å². The standard InChI is InChI=1S/C12H10F2O4/c1-12(11(16)17-2)5-8-7(10(15)18-12)3-6(13)4-9(8)14/h3-4H,5H2,1-2H3. The molecule has 0 saturated heterocycles. The van der Waals surface area contributed by atoms with E-state index in [9.17, 15) is 18.4 Å². The fraction of sp³-hybridized carbons (Fsp3) is 0.333. The van der Waals surface area contributed by atoms with Gasteiger partial charge in [0.15, 0.2) is 0 Å². The molecule has 0 amide bonds. The lowest BCUT2D eigenvalue weighted by molar-refractivity contribution is -0.161. The predicted molar refractivity (Wildman–Crippen MR) is 55.9 cm³/mol. The Morgan fingerprint density at radius 3 is 2.72 bits per heavy atom. The molecule has 1 aliphatic heterocycles. The molecule has 6 heteroatoms. The smallest absolute Gasteiger partial charge is 0.350 e. The summed E-state index contributed by atoms with van der Waals surface area (Å²) in [5.74, 6) is -3.48. The number of hydrogen-bond donors (Lipinski definition) is 0. The monoisotopic (exact) mass is 256 g/mol. The van der Waals surface area contributed by atoms with E-state index in [0.29, 0.717) is 6.07 Å². The van der Waals surface area contributed by atoms with Crippen LogP contribution >= 0.6 is 0 Å². The Bertz CT molecular complexity index is 541. The van der Waals surface area contributed by atoms with Gasteiger partial charge >= 0.3 is 11.9 Å². The topological polar surface area (TPSA) is 52.6 Å². The van der Waals surface area contributed by atoms with Crippen LogP contribution in [0.1, 0.15) is 22.8 Å². The number of methoxy groups -OCH3 is 1. The summed E-state index contributed by atoms with van der Waals surface area (Å²) in [6.45, 7) is 1.32. The third kappa shape index (κ3) is 1.83. The average molecular weight is 256 g/mol. The van der Waals surface area contributed by atoms with Gasteiger partial charge in [-0.1, -0.05) is 0 Å². The van der Waals surface area contributed by atoms with Crippen LogP contribution in [0.2, 0.25) is 0 Å². The Balaban J connectivity index is 2.52. The van der Waals surface area contributed by atoms with Gasteiger partial charge < -0.3 is 9.47 Å². The molecular weight excluding hydrogens is 246 g/mol. The lowest BCUT2D eigenvalue weighted by Crippen LogP contribution is -2.47. The van der Waals surface area contributed by atoms with Gasteiger partial charge in [0.2, 0.25) is 5.60 Å². The van der Waals surface area contributed by atoms with Crippen LogP contribution in [0.5, 0.6) is 0 Å². The van der Waals surface area contributed by atoms with Crippen molar-refractivity contribution in [2.45, 2.75) is 18.9 Å². The first-order valence-corrected chi connectivity index (χ1v) is 5.17. The van der Waals surface area contributed by atoms with E-state index in [4.69, 9.17) is 4.74 Å². The van der Waals surface area contributed by atoms with Crippen molar-refractivity contribution < 1.29 is 27.8 Å². The predicted octanol–water partition coefficient (Wildman–Crippen LogP) is 1.61. The fourth-order valence-corrected chi connectivity index (χ4v) is 1.93. The number of carbonyl (C=O) groups is 2. The summed E-state index contributed by atoms with van der Waals surface area (Å²) in [6.07, 6.45) is -0.188. The number of esters is 2. The molecule has 18 heavy (non-hydrogen) atoms. The Hall–Kier alpha value is -1.98. The Labute approximate surface area is 101 Å². The van der Waals surface area contributed by atoms with Crippen molar-refractivity contribution >= 4 is 11.9 Å². The van der Waals surface area contributed by atoms with Crippen LogP contribution in [0.15, 0.2) is 12.1 Å². The summed E-state index contributed by atoms with van der Waals surface area (Å²) in [6, 6.07) is 1.55. The zero-order valence-corrected chi connectivity index (χ0v) is 9.75. The molecule has 0 bridgehead atoms. The molecule has 2 rings (SSSR count). The van der Waals surface area contributed by atoms with E-state index in [1.807, 2.05) is 0 Å². The molecule has 0 saturated carbocycles. The number of hydrogen-bond acceptors (Lipinski definition) is 4. The van der Waals surface area contributed by atoms with E-state index in [-0.39, 0.29) is 17.5 Å².